The van der Waals surface area contributed by atoms with Crippen LogP contribution >= 0.6 is 15.9 Å². The van der Waals surface area contributed by atoms with Gasteiger partial charge in [0.05, 0.1) is 25.3 Å². The van der Waals surface area contributed by atoms with E-state index in [1.807, 2.05) is 0 Å². The molecule has 0 saturated carbocycles. The second-order valence-electron chi connectivity index (χ2n) is 3.46. The summed E-state index contributed by atoms with van der Waals surface area (Å²) in [5.41, 5.74) is 6.39. The van der Waals surface area contributed by atoms with Gasteiger partial charge in [-0.05, 0) is 28.9 Å². The van der Waals surface area contributed by atoms with Gasteiger partial charge in [-0.3, -0.25) is 0 Å². The zero-order valence-electron chi connectivity index (χ0n) is 10.5. The van der Waals surface area contributed by atoms with Crippen molar-refractivity contribution in [3.63, 3.8) is 0 Å². The van der Waals surface area contributed by atoms with Gasteiger partial charge in [-0.2, -0.15) is 0 Å². The van der Waals surface area contributed by atoms with Crippen molar-refractivity contribution >= 4 is 21.9 Å². The summed E-state index contributed by atoms with van der Waals surface area (Å²) in [6.45, 7) is 2.01. The van der Waals surface area contributed by atoms with Crippen LogP contribution in [0.5, 0.6) is 11.5 Å². The van der Waals surface area contributed by atoms with Crippen molar-refractivity contribution < 1.29 is 19.0 Å². The molecule has 0 bridgehead atoms. The predicted octanol–water partition coefficient (Wildman–Crippen LogP) is 2.03. The maximum atomic E-state index is 11.6. The largest absolute Gasteiger partial charge is 0.496 e. The summed E-state index contributed by atoms with van der Waals surface area (Å²) in [6, 6.07) is 2.47. The third kappa shape index (κ3) is 3.14. The highest BCUT2D eigenvalue weighted by atomic mass is 79.9. The van der Waals surface area contributed by atoms with E-state index in [-0.39, 0.29) is 6.61 Å². The Morgan fingerprint density at radius 1 is 1.33 bits per heavy atom. The zero-order valence-corrected chi connectivity index (χ0v) is 12.1. The Labute approximate surface area is 114 Å². The molecule has 1 aromatic rings. The Morgan fingerprint density at radius 3 is 2.44 bits per heavy atom. The summed E-state index contributed by atoms with van der Waals surface area (Å²) in [5.74, 6) is 0.593. The number of hydrogen-bond acceptors (Lipinski definition) is 5. The fourth-order valence-electron chi connectivity index (χ4n) is 1.49. The third-order valence-electron chi connectivity index (χ3n) is 2.38. The summed E-state index contributed by atoms with van der Waals surface area (Å²) >= 11 is 3.34. The maximum absolute atomic E-state index is 11.6. The number of benzene rings is 1. The molecule has 1 rings (SSSR count). The average Bonchev–Trinajstić information content (AvgIpc) is 2.37. The molecule has 0 spiro atoms. The van der Waals surface area contributed by atoms with Gasteiger partial charge in [0.25, 0.3) is 0 Å². The van der Waals surface area contributed by atoms with Crippen LogP contribution in [0.15, 0.2) is 16.6 Å². The van der Waals surface area contributed by atoms with Crippen LogP contribution in [0.25, 0.3) is 0 Å². The van der Waals surface area contributed by atoms with Gasteiger partial charge in [0.1, 0.15) is 17.5 Å². The van der Waals surface area contributed by atoms with E-state index in [1.165, 1.54) is 7.11 Å². The highest BCUT2D eigenvalue weighted by Gasteiger charge is 2.22. The summed E-state index contributed by atoms with van der Waals surface area (Å²) in [6.07, 6.45) is 0. The molecule has 18 heavy (non-hydrogen) atoms. The summed E-state index contributed by atoms with van der Waals surface area (Å²) < 4.78 is 15.9. The van der Waals surface area contributed by atoms with E-state index >= 15 is 0 Å². The molecule has 0 aromatic heterocycles. The minimum atomic E-state index is -0.887. The molecule has 5 nitrogen and oxygen atoms in total. The molecule has 0 amide bonds. The van der Waals surface area contributed by atoms with Crippen LogP contribution in [0, 0.1) is 0 Å². The van der Waals surface area contributed by atoms with Gasteiger partial charge in [0, 0.05) is 11.6 Å². The molecule has 1 unspecified atom stereocenters. The first-order chi connectivity index (χ1) is 8.54. The van der Waals surface area contributed by atoms with Crippen molar-refractivity contribution in [3.8, 4) is 11.5 Å². The molecular weight excluding hydrogens is 302 g/mol. The number of nitrogens with two attached hydrogens (primary N) is 1. The Bertz CT molecular complexity index is 436. The van der Waals surface area contributed by atoms with Crippen LogP contribution in [0.1, 0.15) is 18.5 Å². The maximum Gasteiger partial charge on any atom is 0.327 e. The van der Waals surface area contributed by atoms with E-state index in [2.05, 4.69) is 15.9 Å². The van der Waals surface area contributed by atoms with E-state index < -0.39 is 12.0 Å². The van der Waals surface area contributed by atoms with E-state index in [0.717, 1.165) is 0 Å². The van der Waals surface area contributed by atoms with Gasteiger partial charge in [0.15, 0.2) is 0 Å². The van der Waals surface area contributed by atoms with E-state index in [1.54, 1.807) is 26.2 Å². The van der Waals surface area contributed by atoms with Crippen molar-refractivity contribution in [2.45, 2.75) is 13.0 Å². The zero-order chi connectivity index (χ0) is 13.7. The quantitative estimate of drug-likeness (QED) is 0.841. The fourth-order valence-corrected chi connectivity index (χ4v) is 2.01. The Balaban J connectivity index is 3.14. The van der Waals surface area contributed by atoms with Gasteiger partial charge >= 0.3 is 5.97 Å². The van der Waals surface area contributed by atoms with E-state index in [0.29, 0.717) is 21.5 Å². The number of methoxy groups -OCH3 is 2. The summed E-state index contributed by atoms with van der Waals surface area (Å²) in [5, 5.41) is 0. The molecule has 0 saturated heterocycles. The van der Waals surface area contributed by atoms with Crippen LogP contribution in [0.2, 0.25) is 0 Å². The number of carbonyl (C=O) groups excluding carboxylic acids is 1. The second-order valence-corrected chi connectivity index (χ2v) is 4.31. The number of hydrogen-bond donors (Lipinski definition) is 1. The Morgan fingerprint density at radius 2 is 1.94 bits per heavy atom. The number of ether oxygens (including phenoxy) is 3. The lowest BCUT2D eigenvalue weighted by atomic mass is 10.1. The van der Waals surface area contributed by atoms with Gasteiger partial charge < -0.3 is 19.9 Å². The van der Waals surface area contributed by atoms with Gasteiger partial charge in [-0.15, -0.1) is 0 Å². The average molecular weight is 318 g/mol. The van der Waals surface area contributed by atoms with Gasteiger partial charge in [-0.1, -0.05) is 0 Å². The van der Waals surface area contributed by atoms with Crippen molar-refractivity contribution in [3.05, 3.63) is 22.2 Å². The number of rotatable bonds is 5. The second kappa shape index (κ2) is 6.61. The first kappa shape index (κ1) is 14.8. The molecule has 6 heteroatoms. The molecule has 0 aliphatic rings. The highest BCUT2D eigenvalue weighted by molar-refractivity contribution is 9.10. The molecule has 0 aliphatic heterocycles. The Hall–Kier alpha value is -1.27. The van der Waals surface area contributed by atoms with Crippen LogP contribution in [-0.2, 0) is 9.53 Å². The van der Waals surface area contributed by atoms with Crippen molar-refractivity contribution in [2.75, 3.05) is 20.8 Å². The summed E-state index contributed by atoms with van der Waals surface area (Å²) in [7, 11) is 3.05. The summed E-state index contributed by atoms with van der Waals surface area (Å²) in [4.78, 5) is 11.6. The first-order valence-electron chi connectivity index (χ1n) is 5.38. The monoisotopic (exact) mass is 317 g/mol. The lowest BCUT2D eigenvalue weighted by Crippen LogP contribution is -2.24. The lowest BCUT2D eigenvalue weighted by molar-refractivity contribution is -0.144. The number of halogens is 1. The molecular formula is C12H16BrNO4. The molecule has 0 fully saturated rings. The molecule has 100 valence electrons. The Kier molecular flexibility index (Phi) is 5.43. The van der Waals surface area contributed by atoms with Gasteiger partial charge in [-0.25, -0.2) is 4.79 Å². The van der Waals surface area contributed by atoms with Crippen molar-refractivity contribution in [2.24, 2.45) is 5.73 Å². The van der Waals surface area contributed by atoms with Crippen molar-refractivity contribution in [1.82, 2.24) is 0 Å². The van der Waals surface area contributed by atoms with Crippen molar-refractivity contribution in [1.29, 1.82) is 0 Å². The first-order valence-corrected chi connectivity index (χ1v) is 6.18. The molecule has 0 aliphatic carbocycles. The number of esters is 1. The van der Waals surface area contributed by atoms with E-state index in [4.69, 9.17) is 19.9 Å². The molecule has 1 aromatic carbocycles. The standard InChI is InChI=1S/C12H16BrNO4/c1-4-18-12(15)11(14)7-5-8(13)10(17-3)6-9(7)16-2/h5-6,11H,4,14H2,1-3H3. The molecule has 1 atom stereocenters. The van der Waals surface area contributed by atoms with Crippen LogP contribution < -0.4 is 15.2 Å². The van der Waals surface area contributed by atoms with Gasteiger partial charge in [0.2, 0.25) is 0 Å². The smallest absolute Gasteiger partial charge is 0.327 e. The van der Waals surface area contributed by atoms with E-state index in [9.17, 15) is 4.79 Å². The third-order valence-corrected chi connectivity index (χ3v) is 3.00. The lowest BCUT2D eigenvalue weighted by Gasteiger charge is -2.16. The molecule has 0 radical (unpaired) electrons. The fraction of sp³-hybridized carbons (Fsp3) is 0.417. The van der Waals surface area contributed by atoms with Crippen LogP contribution in [0.4, 0.5) is 0 Å². The molecule has 0 heterocycles. The predicted molar refractivity (Wildman–Crippen MR) is 70.8 cm³/mol. The SMILES string of the molecule is CCOC(=O)C(N)c1cc(Br)c(OC)cc1OC. The minimum Gasteiger partial charge on any atom is -0.496 e. The minimum absolute atomic E-state index is 0.284. The van der Waals surface area contributed by atoms with Crippen LogP contribution in [0.3, 0.4) is 0 Å². The normalized spacial score (nSPS) is 11.8. The highest BCUT2D eigenvalue weighted by Crippen LogP contribution is 2.35. The van der Waals surface area contributed by atoms with Crippen LogP contribution in [-0.4, -0.2) is 26.8 Å². The molecule has 2 N–H and O–H groups in total. The topological polar surface area (TPSA) is 70.8 Å². The number of carbonyl (C=O) groups is 1.